The minimum atomic E-state index is -0.353. The number of H-pyrrole nitrogens is 1. The van der Waals surface area contributed by atoms with Crippen LogP contribution in [0.15, 0.2) is 66.4 Å². The summed E-state index contributed by atoms with van der Waals surface area (Å²) in [6, 6.07) is 14.5. The quantitative estimate of drug-likeness (QED) is 0.214. The minimum absolute atomic E-state index is 0.353. The number of halogens is 1. The zero-order valence-electron chi connectivity index (χ0n) is 19.4. The number of rotatable bonds is 8. The molecule has 1 aliphatic rings. The van der Waals surface area contributed by atoms with E-state index in [9.17, 15) is 4.39 Å². The second-order valence-electron chi connectivity index (χ2n) is 8.88. The summed E-state index contributed by atoms with van der Waals surface area (Å²) in [4.78, 5) is 7.79. The molecule has 4 aromatic rings. The van der Waals surface area contributed by atoms with Crippen LogP contribution < -0.4 is 10.2 Å². The van der Waals surface area contributed by atoms with Gasteiger partial charge in [-0.3, -0.25) is 5.43 Å². The minimum Gasteiger partial charge on any atom is -0.439 e. The highest BCUT2D eigenvalue weighted by Gasteiger charge is 2.25. The van der Waals surface area contributed by atoms with Crippen LogP contribution in [0.3, 0.4) is 0 Å². The van der Waals surface area contributed by atoms with Gasteiger partial charge in [-0.2, -0.15) is 5.10 Å². The van der Waals surface area contributed by atoms with E-state index in [-0.39, 0.29) is 5.82 Å². The summed E-state index contributed by atoms with van der Waals surface area (Å²) in [5.41, 5.74) is 10.7. The van der Waals surface area contributed by atoms with Gasteiger partial charge in [0, 0.05) is 41.4 Å². The molecule has 1 aliphatic carbocycles. The number of pyridine rings is 1. The maximum atomic E-state index is 13.3. The van der Waals surface area contributed by atoms with Gasteiger partial charge in [-0.15, -0.1) is 0 Å². The molecule has 5 nitrogen and oxygen atoms in total. The van der Waals surface area contributed by atoms with Crippen molar-refractivity contribution in [1.82, 2.24) is 9.97 Å². The molecule has 0 atom stereocenters. The zero-order valence-corrected chi connectivity index (χ0v) is 19.4. The van der Waals surface area contributed by atoms with Gasteiger partial charge >= 0.3 is 0 Å². The van der Waals surface area contributed by atoms with E-state index in [0.717, 1.165) is 28.4 Å². The third-order valence-corrected chi connectivity index (χ3v) is 6.12. The lowest BCUT2D eigenvalue weighted by Crippen LogP contribution is -1.96. The Labute approximate surface area is 198 Å². The van der Waals surface area contributed by atoms with Gasteiger partial charge < -0.3 is 9.72 Å². The van der Waals surface area contributed by atoms with Crippen LogP contribution in [0.25, 0.3) is 16.5 Å². The largest absolute Gasteiger partial charge is 0.439 e. The summed E-state index contributed by atoms with van der Waals surface area (Å²) >= 11 is 0. The first-order chi connectivity index (χ1) is 16.5. The standard InChI is InChI=1S/C28H27FN4O/c1-17(25-13-21-11-18(2)24(20-7-8-20)15-26(21)32-25)9-10-31-33-27-16-30-28(12-19(27)3)34-23-6-4-5-22(29)14-23/h4-6,10-16,20,32-33H,1,7-9H2,2-3H3/b31-10-. The van der Waals surface area contributed by atoms with Crippen LogP contribution in [0.4, 0.5) is 10.1 Å². The Kier molecular flexibility index (Phi) is 5.88. The number of aromatic amines is 1. The fraction of sp³-hybridized carbons (Fsp3) is 0.214. The summed E-state index contributed by atoms with van der Waals surface area (Å²) in [7, 11) is 0. The van der Waals surface area contributed by atoms with Crippen molar-refractivity contribution in [3.63, 3.8) is 0 Å². The second-order valence-corrected chi connectivity index (χ2v) is 8.88. The van der Waals surface area contributed by atoms with E-state index < -0.39 is 0 Å². The first-order valence-corrected chi connectivity index (χ1v) is 11.5. The van der Waals surface area contributed by atoms with Crippen molar-refractivity contribution in [2.45, 2.75) is 39.0 Å². The van der Waals surface area contributed by atoms with Crippen LogP contribution in [0, 0.1) is 19.7 Å². The van der Waals surface area contributed by atoms with Gasteiger partial charge in [-0.25, -0.2) is 9.37 Å². The van der Waals surface area contributed by atoms with Crippen molar-refractivity contribution in [3.05, 3.63) is 89.5 Å². The molecule has 1 fully saturated rings. The molecule has 2 N–H and O–H groups in total. The molecular formula is C28H27FN4O. The number of hydrogen-bond acceptors (Lipinski definition) is 4. The number of benzene rings is 2. The molecule has 172 valence electrons. The van der Waals surface area contributed by atoms with Crippen molar-refractivity contribution in [2.75, 3.05) is 5.43 Å². The van der Waals surface area contributed by atoms with Gasteiger partial charge in [-0.1, -0.05) is 12.6 Å². The molecule has 0 spiro atoms. The molecule has 0 saturated heterocycles. The lowest BCUT2D eigenvalue weighted by Gasteiger charge is -2.08. The molecule has 0 amide bonds. The fourth-order valence-electron chi connectivity index (χ4n) is 4.07. The molecule has 0 radical (unpaired) electrons. The predicted octanol–water partition coefficient (Wildman–Crippen LogP) is 7.49. The first-order valence-electron chi connectivity index (χ1n) is 11.5. The third-order valence-electron chi connectivity index (χ3n) is 6.12. The predicted molar refractivity (Wildman–Crippen MR) is 136 cm³/mol. The molecular weight excluding hydrogens is 427 g/mol. The van der Waals surface area contributed by atoms with Crippen molar-refractivity contribution >= 4 is 28.4 Å². The number of nitrogens with one attached hydrogen (secondary N) is 2. The molecule has 0 bridgehead atoms. The number of aryl methyl sites for hydroxylation is 2. The molecule has 0 unspecified atom stereocenters. The molecule has 2 aromatic carbocycles. The van der Waals surface area contributed by atoms with Crippen LogP contribution >= 0.6 is 0 Å². The Balaban J connectivity index is 1.19. The van der Waals surface area contributed by atoms with E-state index in [1.54, 1.807) is 30.6 Å². The highest BCUT2D eigenvalue weighted by molar-refractivity contribution is 5.88. The highest BCUT2D eigenvalue weighted by Crippen LogP contribution is 2.42. The van der Waals surface area contributed by atoms with E-state index in [0.29, 0.717) is 18.1 Å². The summed E-state index contributed by atoms with van der Waals surface area (Å²) in [5, 5.41) is 5.54. The zero-order chi connectivity index (χ0) is 23.7. The fourth-order valence-corrected chi connectivity index (χ4v) is 4.07. The molecule has 1 saturated carbocycles. The van der Waals surface area contributed by atoms with Crippen molar-refractivity contribution in [2.24, 2.45) is 5.10 Å². The molecule has 2 aromatic heterocycles. The van der Waals surface area contributed by atoms with Gasteiger partial charge in [0.25, 0.3) is 0 Å². The first kappa shape index (κ1) is 21.9. The molecule has 5 rings (SSSR count). The third kappa shape index (κ3) is 4.86. The second kappa shape index (κ2) is 9.14. The lowest BCUT2D eigenvalue weighted by molar-refractivity contribution is 0.458. The van der Waals surface area contributed by atoms with E-state index in [2.05, 4.69) is 52.2 Å². The molecule has 34 heavy (non-hydrogen) atoms. The number of ether oxygens (including phenoxy) is 1. The molecule has 2 heterocycles. The van der Waals surface area contributed by atoms with Crippen LogP contribution in [-0.2, 0) is 0 Å². The summed E-state index contributed by atoms with van der Waals surface area (Å²) in [6.07, 6.45) is 6.65. The highest BCUT2D eigenvalue weighted by atomic mass is 19.1. The van der Waals surface area contributed by atoms with E-state index in [4.69, 9.17) is 4.74 Å². The van der Waals surface area contributed by atoms with Gasteiger partial charge in [0.1, 0.15) is 11.6 Å². The monoisotopic (exact) mass is 454 g/mol. The number of fused-ring (bicyclic) bond motifs is 1. The average molecular weight is 455 g/mol. The summed E-state index contributed by atoms with van der Waals surface area (Å²) < 4.78 is 19.0. The SMILES string of the molecule is C=C(C/C=N\Nc1cnc(Oc2cccc(F)c2)cc1C)c1cc2cc(C)c(C3CC3)cc2[nH]1. The Morgan fingerprint density at radius 3 is 2.82 bits per heavy atom. The van der Waals surface area contributed by atoms with Gasteiger partial charge in [0.2, 0.25) is 5.88 Å². The average Bonchev–Trinajstić information content (AvgIpc) is 3.56. The van der Waals surface area contributed by atoms with Crippen molar-refractivity contribution in [3.8, 4) is 11.6 Å². The van der Waals surface area contributed by atoms with Crippen LogP contribution in [0.5, 0.6) is 11.6 Å². The topological polar surface area (TPSA) is 62.3 Å². The summed E-state index contributed by atoms with van der Waals surface area (Å²) in [6.45, 7) is 8.35. The van der Waals surface area contributed by atoms with Gasteiger partial charge in [0.15, 0.2) is 0 Å². The Bertz CT molecular complexity index is 1400. The number of nitrogens with zero attached hydrogens (tertiary/aromatic N) is 2. The van der Waals surface area contributed by atoms with Gasteiger partial charge in [0.05, 0.1) is 11.9 Å². The number of hydrazone groups is 1. The van der Waals surface area contributed by atoms with E-state index >= 15 is 0 Å². The van der Waals surface area contributed by atoms with Crippen LogP contribution in [0.2, 0.25) is 0 Å². The van der Waals surface area contributed by atoms with Crippen LogP contribution in [-0.4, -0.2) is 16.2 Å². The number of anilines is 1. The molecule has 0 aliphatic heterocycles. The molecule has 6 heteroatoms. The van der Waals surface area contributed by atoms with E-state index in [1.807, 2.05) is 6.92 Å². The number of allylic oxidation sites excluding steroid dienone is 1. The van der Waals surface area contributed by atoms with Crippen molar-refractivity contribution in [1.29, 1.82) is 0 Å². The van der Waals surface area contributed by atoms with E-state index in [1.165, 1.54) is 47.0 Å². The maximum absolute atomic E-state index is 13.3. The van der Waals surface area contributed by atoms with Crippen LogP contribution in [0.1, 0.15) is 47.6 Å². The number of aromatic nitrogens is 2. The maximum Gasteiger partial charge on any atom is 0.219 e. The van der Waals surface area contributed by atoms with Crippen molar-refractivity contribution < 1.29 is 9.13 Å². The summed E-state index contributed by atoms with van der Waals surface area (Å²) in [5.74, 6) is 1.18. The van der Waals surface area contributed by atoms with Gasteiger partial charge in [-0.05, 0) is 85.2 Å². The number of hydrogen-bond donors (Lipinski definition) is 2. The Morgan fingerprint density at radius 2 is 2.06 bits per heavy atom. The smallest absolute Gasteiger partial charge is 0.219 e. The Morgan fingerprint density at radius 1 is 1.21 bits per heavy atom. The lowest BCUT2D eigenvalue weighted by atomic mass is 10.0. The normalized spacial score (nSPS) is 13.5. The Hall–Kier alpha value is -3.93.